The molecule has 39 heavy (non-hydrogen) atoms. The first-order valence-electron chi connectivity index (χ1n) is 11.2. The summed E-state index contributed by atoms with van der Waals surface area (Å²) in [5.41, 5.74) is 5.40. The van der Waals surface area contributed by atoms with Crippen molar-refractivity contribution >= 4 is 75.3 Å². The topological polar surface area (TPSA) is 199 Å². The Balaban J connectivity index is 1.52. The number of ether oxygens (including phenoxy) is 2. The van der Waals surface area contributed by atoms with Crippen molar-refractivity contribution in [3.8, 4) is 0 Å². The van der Waals surface area contributed by atoms with Gasteiger partial charge in [0.05, 0.1) is 11.1 Å². The number of nitrogens with zero attached hydrogens (tertiary/aromatic N) is 5. The number of aromatic nitrogens is 3. The van der Waals surface area contributed by atoms with E-state index < -0.39 is 53.1 Å². The minimum Gasteiger partial charge on any atom is -0.427 e. The minimum absolute atomic E-state index is 0.0512. The quantitative estimate of drug-likeness (QED) is 0.0988. The maximum atomic E-state index is 13.2. The highest BCUT2D eigenvalue weighted by Crippen LogP contribution is 2.41. The number of nitrogens with two attached hydrogens (primary N) is 1. The third-order valence-electron chi connectivity index (χ3n) is 5.38. The van der Waals surface area contributed by atoms with Gasteiger partial charge < -0.3 is 25.7 Å². The van der Waals surface area contributed by atoms with E-state index in [1.165, 1.54) is 22.0 Å². The first-order chi connectivity index (χ1) is 18.5. The van der Waals surface area contributed by atoms with Crippen molar-refractivity contribution in [3.63, 3.8) is 0 Å². The average Bonchev–Trinajstić information content (AvgIpc) is 3.57. The van der Waals surface area contributed by atoms with Crippen LogP contribution in [0.2, 0.25) is 0 Å². The van der Waals surface area contributed by atoms with E-state index in [4.69, 9.17) is 15.2 Å². The number of nitrogen functional groups attached to an aromatic ring is 1. The lowest BCUT2D eigenvalue weighted by atomic mass is 9.98. The number of β-lactam (4-membered cyclic amide) rings is 1. The Morgan fingerprint density at radius 1 is 1.28 bits per heavy atom. The molecule has 206 valence electrons. The molecule has 2 aliphatic rings. The number of rotatable bonds is 8. The van der Waals surface area contributed by atoms with Gasteiger partial charge in [-0.3, -0.25) is 19.3 Å². The van der Waals surface area contributed by atoms with E-state index in [2.05, 4.69) is 25.0 Å². The van der Waals surface area contributed by atoms with Crippen LogP contribution in [-0.2, 0) is 28.7 Å². The Bertz CT molecular complexity index is 1380. The fraction of sp³-hybridized carbons (Fsp3) is 0.364. The molecule has 2 aliphatic heterocycles. The molecule has 1 fully saturated rings. The molecular formula is C22H23N7O7S3. The van der Waals surface area contributed by atoms with E-state index in [0.717, 1.165) is 22.9 Å². The van der Waals surface area contributed by atoms with Gasteiger partial charge in [0.25, 0.3) is 11.8 Å². The molecule has 0 radical (unpaired) electrons. The van der Waals surface area contributed by atoms with Gasteiger partial charge in [-0.2, -0.15) is 0 Å². The van der Waals surface area contributed by atoms with Crippen molar-refractivity contribution in [2.45, 2.75) is 32.2 Å². The highest BCUT2D eigenvalue weighted by Gasteiger charge is 2.54. The summed E-state index contributed by atoms with van der Waals surface area (Å²) in [5.74, 6) is -2.60. The second-order valence-corrected chi connectivity index (χ2v) is 11.8. The summed E-state index contributed by atoms with van der Waals surface area (Å²) in [7, 11) is 0. The Morgan fingerprint density at radius 3 is 2.67 bits per heavy atom. The summed E-state index contributed by atoms with van der Waals surface area (Å²) in [6, 6.07) is -1.02. The predicted octanol–water partition coefficient (Wildman–Crippen LogP) is 1.21. The lowest BCUT2D eigenvalue weighted by Gasteiger charge is -2.49. The minimum atomic E-state index is -1.02. The van der Waals surface area contributed by atoms with Gasteiger partial charge in [0.1, 0.15) is 22.8 Å². The van der Waals surface area contributed by atoms with E-state index in [1.807, 2.05) is 0 Å². The molecule has 14 nitrogen and oxygen atoms in total. The number of fused-ring (bicyclic) bond motifs is 1. The van der Waals surface area contributed by atoms with Gasteiger partial charge in [-0.15, -0.1) is 28.2 Å². The standard InChI is InChI=1S/C22H23N7O7S3/c1-22(2,3)20(33)36-9-35-19(32)15-10(4-5-11-7-39-28-26-11)6-37-18-14(17(31)29(15)18)25-16(30)13(27-34)12-8-38-21(23)24-12/h4-5,7-8,14,18,34H,6,9H2,1-3H3,(H2,23,24)(H,25,30)/b5-4-,27-13-/t14?,18-/m0/s1. The van der Waals surface area contributed by atoms with E-state index in [0.29, 0.717) is 11.3 Å². The molecule has 0 spiro atoms. The van der Waals surface area contributed by atoms with Gasteiger partial charge in [0.15, 0.2) is 10.8 Å². The summed E-state index contributed by atoms with van der Waals surface area (Å²) < 4.78 is 14.0. The van der Waals surface area contributed by atoms with Crippen molar-refractivity contribution in [2.75, 3.05) is 18.3 Å². The summed E-state index contributed by atoms with van der Waals surface area (Å²) >= 11 is 3.51. The van der Waals surface area contributed by atoms with Crippen molar-refractivity contribution in [3.05, 3.63) is 39.5 Å². The van der Waals surface area contributed by atoms with Crippen LogP contribution in [0.3, 0.4) is 0 Å². The Kier molecular flexibility index (Phi) is 8.31. The van der Waals surface area contributed by atoms with Crippen molar-refractivity contribution in [2.24, 2.45) is 10.6 Å². The molecule has 4 N–H and O–H groups in total. The molecule has 4 heterocycles. The summed E-state index contributed by atoms with van der Waals surface area (Å²) in [4.78, 5) is 56.2. The van der Waals surface area contributed by atoms with Gasteiger partial charge in [0, 0.05) is 16.5 Å². The number of hydrogen-bond acceptors (Lipinski definition) is 15. The first kappa shape index (κ1) is 28.2. The number of thioether (sulfide) groups is 1. The summed E-state index contributed by atoms with van der Waals surface area (Å²) in [6.45, 7) is 4.32. The second kappa shape index (κ2) is 11.5. The molecule has 2 aromatic heterocycles. The van der Waals surface area contributed by atoms with Crippen molar-refractivity contribution in [1.29, 1.82) is 0 Å². The number of anilines is 1. The number of carbonyl (C=O) groups excluding carboxylic acids is 4. The van der Waals surface area contributed by atoms with Crippen molar-refractivity contribution in [1.82, 2.24) is 24.8 Å². The van der Waals surface area contributed by atoms with E-state index in [9.17, 15) is 24.4 Å². The van der Waals surface area contributed by atoms with Crippen LogP contribution in [0.4, 0.5) is 5.13 Å². The second-order valence-electron chi connectivity index (χ2n) is 9.15. The van der Waals surface area contributed by atoms with Gasteiger partial charge in [-0.05, 0) is 44.0 Å². The monoisotopic (exact) mass is 593 g/mol. The number of nitrogens with one attached hydrogen (secondary N) is 1. The average molecular weight is 594 g/mol. The van der Waals surface area contributed by atoms with E-state index in [-0.39, 0.29) is 22.3 Å². The first-order valence-corrected chi connectivity index (χ1v) is 14.0. The van der Waals surface area contributed by atoms with Crippen LogP contribution in [0.5, 0.6) is 0 Å². The number of thiazole rings is 1. The zero-order valence-corrected chi connectivity index (χ0v) is 23.3. The van der Waals surface area contributed by atoms with Crippen LogP contribution in [-0.4, -0.2) is 78.1 Å². The Hall–Kier alpha value is -3.83. The molecule has 0 bridgehead atoms. The molecule has 2 aromatic rings. The number of esters is 2. The zero-order valence-electron chi connectivity index (χ0n) is 20.8. The molecule has 2 amide bonds. The molecule has 2 atom stereocenters. The molecule has 17 heteroatoms. The molecule has 4 rings (SSSR count). The largest absolute Gasteiger partial charge is 0.427 e. The number of amides is 2. The number of allylic oxidation sites excluding steroid dienone is 1. The summed E-state index contributed by atoms with van der Waals surface area (Å²) in [6.07, 6.45) is 3.26. The van der Waals surface area contributed by atoms with Crippen LogP contribution < -0.4 is 11.1 Å². The maximum Gasteiger partial charge on any atom is 0.358 e. The number of carbonyl (C=O) groups is 4. The van der Waals surface area contributed by atoms with Crippen LogP contribution in [0, 0.1) is 5.41 Å². The fourth-order valence-corrected chi connectivity index (χ4v) is 5.72. The smallest absolute Gasteiger partial charge is 0.358 e. The third-order valence-corrected chi connectivity index (χ3v) is 7.88. The molecule has 0 aromatic carbocycles. The van der Waals surface area contributed by atoms with Gasteiger partial charge in [-0.25, -0.2) is 9.78 Å². The Morgan fingerprint density at radius 2 is 2.05 bits per heavy atom. The molecule has 0 aliphatic carbocycles. The van der Waals surface area contributed by atoms with E-state index in [1.54, 1.807) is 38.3 Å². The normalized spacial score (nSPS) is 19.5. The summed E-state index contributed by atoms with van der Waals surface area (Å²) in [5, 5.41) is 21.5. The zero-order chi connectivity index (χ0) is 28.3. The highest BCUT2D eigenvalue weighted by molar-refractivity contribution is 8.00. The molecule has 1 unspecified atom stereocenters. The maximum absolute atomic E-state index is 13.2. The SMILES string of the molecule is CC(C)(C)C(=O)OCOC(=O)C1=C(/C=C\c2csnn2)CS[C@H]2C(NC(=O)/C(=N\O)c3csc(N)n3)C(=O)N12. The molecule has 0 saturated carbocycles. The third kappa shape index (κ3) is 6.10. The van der Waals surface area contributed by atoms with Crippen LogP contribution in [0.15, 0.2) is 33.3 Å². The van der Waals surface area contributed by atoms with Crippen LogP contribution in [0.1, 0.15) is 32.2 Å². The van der Waals surface area contributed by atoms with E-state index >= 15 is 0 Å². The number of hydrogen-bond donors (Lipinski definition) is 3. The van der Waals surface area contributed by atoms with Gasteiger partial charge in [-0.1, -0.05) is 15.7 Å². The fourth-order valence-electron chi connectivity index (χ4n) is 3.43. The lowest BCUT2D eigenvalue weighted by molar-refractivity contribution is -0.173. The highest BCUT2D eigenvalue weighted by atomic mass is 32.2. The van der Waals surface area contributed by atoms with Crippen LogP contribution in [0.25, 0.3) is 6.08 Å². The number of oxime groups is 1. The van der Waals surface area contributed by atoms with Gasteiger partial charge in [0.2, 0.25) is 6.79 Å². The Labute approximate surface area is 234 Å². The molecule has 1 saturated heterocycles. The predicted molar refractivity (Wildman–Crippen MR) is 142 cm³/mol. The lowest BCUT2D eigenvalue weighted by Crippen LogP contribution is -2.71. The molecular weight excluding hydrogens is 570 g/mol. The van der Waals surface area contributed by atoms with Gasteiger partial charge >= 0.3 is 11.9 Å². The van der Waals surface area contributed by atoms with Crippen LogP contribution >= 0.6 is 34.6 Å². The van der Waals surface area contributed by atoms with Crippen molar-refractivity contribution < 1.29 is 33.9 Å².